The summed E-state index contributed by atoms with van der Waals surface area (Å²) in [4.78, 5) is 0. The van der Waals surface area contributed by atoms with Crippen molar-refractivity contribution in [1.82, 2.24) is 0 Å². The average molecular weight is 429 g/mol. The minimum absolute atomic E-state index is 1.11. The second kappa shape index (κ2) is 13.0. The van der Waals surface area contributed by atoms with Crippen molar-refractivity contribution in [1.29, 1.82) is 0 Å². The first-order valence-corrected chi connectivity index (χ1v) is 15.4. The molecule has 4 aliphatic carbocycles. The van der Waals surface area contributed by atoms with E-state index >= 15 is 0 Å². The maximum Gasteiger partial charge on any atom is -0.0352 e. The third kappa shape index (κ3) is 6.53. The van der Waals surface area contributed by atoms with Crippen molar-refractivity contribution in [2.24, 2.45) is 41.4 Å². The van der Waals surface area contributed by atoms with Crippen molar-refractivity contribution in [2.75, 3.05) is 0 Å². The van der Waals surface area contributed by atoms with Gasteiger partial charge in [-0.1, -0.05) is 122 Å². The van der Waals surface area contributed by atoms with E-state index in [9.17, 15) is 0 Å². The Bertz CT molecular complexity index is 442. The van der Waals surface area contributed by atoms with Gasteiger partial charge in [0.05, 0.1) is 0 Å². The molecular weight excluding hydrogens is 372 g/mol. The zero-order valence-corrected chi connectivity index (χ0v) is 21.3. The zero-order valence-electron chi connectivity index (χ0n) is 21.3. The molecule has 0 N–H and O–H groups in total. The van der Waals surface area contributed by atoms with Crippen LogP contribution in [-0.2, 0) is 0 Å². The molecule has 0 radical (unpaired) electrons. The van der Waals surface area contributed by atoms with Crippen LogP contribution in [0.4, 0.5) is 0 Å². The largest absolute Gasteiger partial charge is 0.0654 e. The van der Waals surface area contributed by atoms with E-state index in [0.717, 1.165) is 41.4 Å². The summed E-state index contributed by atoms with van der Waals surface area (Å²) >= 11 is 0. The van der Waals surface area contributed by atoms with Gasteiger partial charge >= 0.3 is 0 Å². The smallest absolute Gasteiger partial charge is 0.0352 e. The third-order valence-corrected chi connectivity index (χ3v) is 10.8. The summed E-state index contributed by atoms with van der Waals surface area (Å²) in [6.07, 6.45) is 35.6. The van der Waals surface area contributed by atoms with E-state index < -0.39 is 0 Å². The standard InChI is InChI=1S/C31H56/c1-2-3-4-5-6-7-8-9-22-31(29-23-14-18-25-16-10-12-20-27(25)29)30-24-15-19-26-17-11-13-21-28(26)30/h25-31H,2-24H2,1H3/t25-,26+,27-,28-,29+,30+,31?/m0/s1. The van der Waals surface area contributed by atoms with Gasteiger partial charge in [-0.2, -0.15) is 0 Å². The van der Waals surface area contributed by atoms with Gasteiger partial charge in [0.2, 0.25) is 0 Å². The Morgan fingerprint density at radius 1 is 0.484 bits per heavy atom. The summed E-state index contributed by atoms with van der Waals surface area (Å²) in [5.41, 5.74) is 0. The fourth-order valence-corrected chi connectivity index (χ4v) is 9.30. The molecule has 0 aromatic rings. The van der Waals surface area contributed by atoms with Gasteiger partial charge in [-0.05, 0) is 73.5 Å². The molecule has 4 saturated carbocycles. The highest BCUT2D eigenvalue weighted by atomic mass is 14.5. The summed E-state index contributed by atoms with van der Waals surface area (Å²) in [5, 5.41) is 0. The lowest BCUT2D eigenvalue weighted by molar-refractivity contribution is -0.0153. The normalized spacial score (nSPS) is 37.1. The number of unbranched alkanes of at least 4 members (excludes halogenated alkanes) is 7. The Kier molecular flexibility index (Phi) is 10.1. The van der Waals surface area contributed by atoms with Crippen molar-refractivity contribution in [3.8, 4) is 0 Å². The van der Waals surface area contributed by atoms with Crippen LogP contribution in [0.2, 0.25) is 0 Å². The fraction of sp³-hybridized carbons (Fsp3) is 1.00. The second-order valence-corrected chi connectivity index (χ2v) is 12.5. The molecule has 0 aliphatic heterocycles. The predicted molar refractivity (Wildman–Crippen MR) is 136 cm³/mol. The number of rotatable bonds is 11. The van der Waals surface area contributed by atoms with Gasteiger partial charge in [-0.25, -0.2) is 0 Å². The first-order chi connectivity index (χ1) is 15.4. The summed E-state index contributed by atoms with van der Waals surface area (Å²) in [6.45, 7) is 2.34. The van der Waals surface area contributed by atoms with Crippen LogP contribution in [0.3, 0.4) is 0 Å². The van der Waals surface area contributed by atoms with Crippen LogP contribution in [0.25, 0.3) is 0 Å². The van der Waals surface area contributed by atoms with Gasteiger partial charge in [0, 0.05) is 0 Å². The topological polar surface area (TPSA) is 0 Å². The van der Waals surface area contributed by atoms with Crippen LogP contribution in [-0.4, -0.2) is 0 Å². The van der Waals surface area contributed by atoms with Crippen molar-refractivity contribution in [3.05, 3.63) is 0 Å². The number of hydrogen-bond acceptors (Lipinski definition) is 0. The van der Waals surface area contributed by atoms with Gasteiger partial charge < -0.3 is 0 Å². The molecule has 180 valence electrons. The lowest BCUT2D eigenvalue weighted by Crippen LogP contribution is -2.43. The number of fused-ring (bicyclic) bond motifs is 2. The van der Waals surface area contributed by atoms with Crippen LogP contribution in [0.5, 0.6) is 0 Å². The van der Waals surface area contributed by atoms with Crippen molar-refractivity contribution in [3.63, 3.8) is 0 Å². The van der Waals surface area contributed by atoms with Gasteiger partial charge in [0.1, 0.15) is 0 Å². The van der Waals surface area contributed by atoms with E-state index in [-0.39, 0.29) is 0 Å². The molecule has 0 heteroatoms. The van der Waals surface area contributed by atoms with Crippen LogP contribution in [0, 0.1) is 41.4 Å². The summed E-state index contributed by atoms with van der Waals surface area (Å²) in [6, 6.07) is 0. The maximum absolute atomic E-state index is 2.34. The summed E-state index contributed by atoms with van der Waals surface area (Å²) in [7, 11) is 0. The Morgan fingerprint density at radius 3 is 1.48 bits per heavy atom. The summed E-state index contributed by atoms with van der Waals surface area (Å²) < 4.78 is 0. The Morgan fingerprint density at radius 2 is 0.935 bits per heavy atom. The molecule has 0 saturated heterocycles. The minimum atomic E-state index is 1.11. The fourth-order valence-electron chi connectivity index (χ4n) is 9.30. The quantitative estimate of drug-likeness (QED) is 0.287. The highest BCUT2D eigenvalue weighted by Gasteiger charge is 2.45. The molecule has 0 heterocycles. The highest BCUT2D eigenvalue weighted by molar-refractivity contribution is 4.95. The molecule has 1 unspecified atom stereocenters. The Hall–Kier alpha value is 0. The van der Waals surface area contributed by atoms with Gasteiger partial charge in [0.15, 0.2) is 0 Å². The van der Waals surface area contributed by atoms with Crippen molar-refractivity contribution < 1.29 is 0 Å². The molecule has 0 aromatic heterocycles. The van der Waals surface area contributed by atoms with Gasteiger partial charge in [-0.15, -0.1) is 0 Å². The van der Waals surface area contributed by atoms with E-state index in [2.05, 4.69) is 6.92 Å². The Labute approximate surface area is 196 Å². The molecule has 0 bridgehead atoms. The van der Waals surface area contributed by atoms with E-state index in [0.29, 0.717) is 0 Å². The monoisotopic (exact) mass is 428 g/mol. The first-order valence-electron chi connectivity index (χ1n) is 15.4. The molecule has 7 atom stereocenters. The molecule has 0 nitrogen and oxygen atoms in total. The molecule has 0 amide bonds. The van der Waals surface area contributed by atoms with Crippen LogP contribution in [0.15, 0.2) is 0 Å². The Balaban J connectivity index is 1.37. The molecule has 4 rings (SSSR count). The third-order valence-electron chi connectivity index (χ3n) is 10.8. The van der Waals surface area contributed by atoms with Gasteiger partial charge in [0.25, 0.3) is 0 Å². The van der Waals surface area contributed by atoms with Crippen LogP contribution < -0.4 is 0 Å². The average Bonchev–Trinajstić information content (AvgIpc) is 2.83. The van der Waals surface area contributed by atoms with Crippen LogP contribution >= 0.6 is 0 Å². The lowest BCUT2D eigenvalue weighted by atomic mass is 9.54. The molecule has 31 heavy (non-hydrogen) atoms. The maximum atomic E-state index is 2.34. The van der Waals surface area contributed by atoms with E-state index in [1.807, 2.05) is 0 Å². The highest BCUT2D eigenvalue weighted by Crippen LogP contribution is 2.54. The van der Waals surface area contributed by atoms with Gasteiger partial charge in [-0.3, -0.25) is 0 Å². The molecule has 0 aromatic carbocycles. The molecule has 4 aliphatic rings. The van der Waals surface area contributed by atoms with Crippen LogP contribution in [0.1, 0.15) is 155 Å². The molecule has 0 spiro atoms. The van der Waals surface area contributed by atoms with E-state index in [1.165, 1.54) is 44.9 Å². The lowest BCUT2D eigenvalue weighted by Gasteiger charge is -2.51. The first kappa shape index (κ1) is 24.1. The van der Waals surface area contributed by atoms with Crippen molar-refractivity contribution in [2.45, 2.75) is 155 Å². The molecule has 4 fully saturated rings. The SMILES string of the molecule is CCCCCCCCCCC([C@@H]1CCC[C@H]2CCCC[C@@H]21)[C@@H]1CCC[C@@H]2CCCC[C@@H]21. The number of hydrogen-bond donors (Lipinski definition) is 0. The minimum Gasteiger partial charge on any atom is -0.0654 e. The van der Waals surface area contributed by atoms with E-state index in [4.69, 9.17) is 0 Å². The zero-order chi connectivity index (χ0) is 21.3. The summed E-state index contributed by atoms with van der Waals surface area (Å²) in [5.74, 6) is 7.86. The van der Waals surface area contributed by atoms with E-state index in [1.54, 1.807) is 103 Å². The van der Waals surface area contributed by atoms with Crippen molar-refractivity contribution >= 4 is 0 Å². The predicted octanol–water partition coefficient (Wildman–Crippen LogP) is 10.3. The molecular formula is C31H56. The second-order valence-electron chi connectivity index (χ2n) is 12.5.